The van der Waals surface area contributed by atoms with Crippen molar-refractivity contribution >= 4 is 34.4 Å². The van der Waals surface area contributed by atoms with Crippen molar-refractivity contribution in [2.24, 2.45) is 10.9 Å². The van der Waals surface area contributed by atoms with Gasteiger partial charge in [0.05, 0.1) is 4.92 Å². The van der Waals surface area contributed by atoms with Crippen molar-refractivity contribution in [3.05, 3.63) is 39.9 Å². The monoisotopic (exact) mass is 390 g/mol. The van der Waals surface area contributed by atoms with E-state index in [1.807, 2.05) is 0 Å². The topological polar surface area (TPSA) is 159 Å². The molecule has 12 heteroatoms. The number of hydrogen-bond acceptors (Lipinski definition) is 8. The minimum Gasteiger partial charge on any atom is -0.445 e. The van der Waals surface area contributed by atoms with E-state index < -0.39 is 31.2 Å². The third kappa shape index (κ3) is 3.86. The zero-order chi connectivity index (χ0) is 18.8. The van der Waals surface area contributed by atoms with Gasteiger partial charge in [-0.1, -0.05) is 0 Å². The highest BCUT2D eigenvalue weighted by Gasteiger charge is 2.55. The van der Waals surface area contributed by atoms with Gasteiger partial charge < -0.3 is 10.5 Å². The van der Waals surface area contributed by atoms with Gasteiger partial charge in [0.25, 0.3) is 5.69 Å². The lowest BCUT2D eigenvalue weighted by molar-refractivity contribution is -0.384. The lowest BCUT2D eigenvalue weighted by atomic mass is 10.2. The van der Waals surface area contributed by atoms with Crippen molar-refractivity contribution in [1.82, 2.24) is 4.90 Å². The highest BCUT2D eigenvalue weighted by atomic mass is 32.2. The standard InChI is InChI=1S/C13H18N4O6S2/c14-8-13(25(15,21)22)5-11(24)6-16(13)12(18)23-7-9-1-3-10(4-2-9)17(19)20/h1-4,11,24H,5-8,14H2,(H2,15,21,22). The van der Waals surface area contributed by atoms with Gasteiger partial charge in [-0.15, -0.1) is 0 Å². The maximum Gasteiger partial charge on any atom is 0.411 e. The second-order valence-electron chi connectivity index (χ2n) is 5.64. The molecule has 1 fully saturated rings. The molecule has 0 aliphatic carbocycles. The summed E-state index contributed by atoms with van der Waals surface area (Å²) in [5, 5.41) is 15.5. The molecular weight excluding hydrogens is 372 g/mol. The van der Waals surface area contributed by atoms with E-state index in [1.54, 1.807) is 0 Å². The molecule has 138 valence electrons. The third-order valence-electron chi connectivity index (χ3n) is 4.02. The Balaban J connectivity index is 2.12. The van der Waals surface area contributed by atoms with Crippen LogP contribution >= 0.6 is 12.6 Å². The zero-order valence-corrected chi connectivity index (χ0v) is 14.8. The molecule has 1 saturated heterocycles. The molecule has 0 bridgehead atoms. The van der Waals surface area contributed by atoms with E-state index in [2.05, 4.69) is 12.6 Å². The van der Waals surface area contributed by atoms with Crippen LogP contribution in [0.25, 0.3) is 0 Å². The lowest BCUT2D eigenvalue weighted by Crippen LogP contribution is -2.59. The minimum absolute atomic E-state index is 0.00191. The number of likely N-dealkylation sites (tertiary alicyclic amines) is 1. The van der Waals surface area contributed by atoms with E-state index in [0.29, 0.717) is 5.56 Å². The smallest absolute Gasteiger partial charge is 0.411 e. The number of rotatable bonds is 5. The van der Waals surface area contributed by atoms with Gasteiger partial charge in [0.1, 0.15) is 6.61 Å². The van der Waals surface area contributed by atoms with Crippen molar-refractivity contribution < 1.29 is 22.9 Å². The predicted molar refractivity (Wildman–Crippen MR) is 92.3 cm³/mol. The van der Waals surface area contributed by atoms with Crippen molar-refractivity contribution in [3.63, 3.8) is 0 Å². The second-order valence-corrected chi connectivity index (χ2v) is 8.22. The van der Waals surface area contributed by atoms with Crippen molar-refractivity contribution in [3.8, 4) is 0 Å². The number of carbonyl (C=O) groups excluding carboxylic acids is 1. The number of benzene rings is 1. The van der Waals surface area contributed by atoms with Crippen LogP contribution in [0.15, 0.2) is 24.3 Å². The summed E-state index contributed by atoms with van der Waals surface area (Å²) in [5.74, 6) is 0. The van der Waals surface area contributed by atoms with Crippen molar-refractivity contribution in [2.75, 3.05) is 13.1 Å². The van der Waals surface area contributed by atoms with Crippen molar-refractivity contribution in [1.29, 1.82) is 0 Å². The van der Waals surface area contributed by atoms with Gasteiger partial charge in [-0.2, -0.15) is 12.6 Å². The number of carbonyl (C=O) groups is 1. The number of amides is 1. The van der Waals surface area contributed by atoms with Gasteiger partial charge in [0.2, 0.25) is 10.0 Å². The Hall–Kier alpha value is -1.89. The number of thiol groups is 1. The SMILES string of the molecule is NCC1(S(N)(=O)=O)CC(S)CN1C(=O)OCc1ccc([N+](=O)[O-])cc1. The summed E-state index contributed by atoms with van der Waals surface area (Å²) in [5.41, 5.74) is 6.01. The molecule has 1 heterocycles. The molecule has 1 aliphatic rings. The molecule has 2 atom stereocenters. The van der Waals surface area contributed by atoms with Gasteiger partial charge in [0.15, 0.2) is 4.87 Å². The Bertz CT molecular complexity index is 769. The summed E-state index contributed by atoms with van der Waals surface area (Å²) < 4.78 is 29.1. The normalized spacial score (nSPS) is 23.5. The fourth-order valence-corrected chi connectivity index (χ4v) is 4.39. The lowest BCUT2D eigenvalue weighted by Gasteiger charge is -2.34. The van der Waals surface area contributed by atoms with E-state index in [1.165, 1.54) is 24.3 Å². The molecule has 1 aliphatic heterocycles. The van der Waals surface area contributed by atoms with E-state index in [9.17, 15) is 23.3 Å². The Labute approximate surface area is 149 Å². The van der Waals surface area contributed by atoms with Crippen LogP contribution < -0.4 is 10.9 Å². The van der Waals surface area contributed by atoms with Crippen LogP contribution in [0, 0.1) is 10.1 Å². The second kappa shape index (κ2) is 7.15. The molecular formula is C13H18N4O6S2. The van der Waals surface area contributed by atoms with Gasteiger partial charge in [-0.05, 0) is 17.7 Å². The number of non-ortho nitro benzene ring substituents is 1. The quantitative estimate of drug-likeness (QED) is 0.367. The number of nitrogens with zero attached hydrogens (tertiary/aromatic N) is 2. The maximum atomic E-state index is 12.3. The maximum absolute atomic E-state index is 12.3. The summed E-state index contributed by atoms with van der Waals surface area (Å²) in [4.78, 5) is 21.6. The van der Waals surface area contributed by atoms with E-state index in [4.69, 9.17) is 15.6 Å². The van der Waals surface area contributed by atoms with Gasteiger partial charge in [-0.3, -0.25) is 15.0 Å². The fourth-order valence-electron chi connectivity index (χ4n) is 2.68. The van der Waals surface area contributed by atoms with Gasteiger partial charge in [0, 0.05) is 36.9 Å². The van der Waals surface area contributed by atoms with Crippen LogP contribution in [-0.2, 0) is 21.4 Å². The molecule has 10 nitrogen and oxygen atoms in total. The molecule has 2 rings (SSSR count). The summed E-state index contributed by atoms with van der Waals surface area (Å²) in [6.07, 6.45) is -0.896. The third-order valence-corrected chi connectivity index (χ3v) is 5.98. The molecule has 0 spiro atoms. The molecule has 4 N–H and O–H groups in total. The number of nitro groups is 1. The van der Waals surface area contributed by atoms with E-state index in [-0.39, 0.29) is 31.8 Å². The van der Waals surface area contributed by atoms with Crippen LogP contribution in [-0.4, -0.2) is 47.5 Å². The first-order valence-corrected chi connectivity index (χ1v) is 9.25. The first-order chi connectivity index (χ1) is 11.6. The molecule has 25 heavy (non-hydrogen) atoms. The Morgan fingerprint density at radius 1 is 1.44 bits per heavy atom. The number of ether oxygens (including phenoxy) is 1. The van der Waals surface area contributed by atoms with Crippen LogP contribution in [0.2, 0.25) is 0 Å². The Morgan fingerprint density at radius 3 is 2.52 bits per heavy atom. The number of sulfonamides is 1. The van der Waals surface area contributed by atoms with E-state index in [0.717, 1.165) is 4.90 Å². The first-order valence-electron chi connectivity index (χ1n) is 7.19. The molecule has 0 saturated carbocycles. The zero-order valence-electron chi connectivity index (χ0n) is 13.1. The van der Waals surface area contributed by atoms with Crippen LogP contribution in [0.3, 0.4) is 0 Å². The molecule has 1 aromatic rings. The Kier molecular flexibility index (Phi) is 5.56. The molecule has 2 unspecified atom stereocenters. The minimum atomic E-state index is -4.16. The van der Waals surface area contributed by atoms with Gasteiger partial charge in [-0.25, -0.2) is 18.4 Å². The van der Waals surface area contributed by atoms with Crippen LogP contribution in [0.4, 0.5) is 10.5 Å². The number of nitro benzene ring substituents is 1. The predicted octanol–water partition coefficient (Wildman–Crippen LogP) is 0.179. The summed E-state index contributed by atoms with van der Waals surface area (Å²) >= 11 is 4.23. The number of nitrogens with two attached hydrogens (primary N) is 2. The summed E-state index contributed by atoms with van der Waals surface area (Å²) in [6.45, 7) is -0.540. The first kappa shape index (κ1) is 19.4. The average Bonchev–Trinajstić information content (AvgIpc) is 2.90. The van der Waals surface area contributed by atoms with Crippen LogP contribution in [0.5, 0.6) is 0 Å². The van der Waals surface area contributed by atoms with E-state index >= 15 is 0 Å². The highest BCUT2D eigenvalue weighted by molar-refractivity contribution is 7.90. The molecule has 1 amide bonds. The number of hydrogen-bond donors (Lipinski definition) is 3. The average molecular weight is 390 g/mol. The number of primary sulfonamides is 1. The van der Waals surface area contributed by atoms with Crippen LogP contribution in [0.1, 0.15) is 12.0 Å². The summed E-state index contributed by atoms with van der Waals surface area (Å²) in [6, 6.07) is 5.42. The van der Waals surface area contributed by atoms with Crippen molar-refractivity contribution in [2.45, 2.75) is 23.1 Å². The molecule has 0 aromatic heterocycles. The molecule has 1 aromatic carbocycles. The molecule has 0 radical (unpaired) electrons. The summed E-state index contributed by atoms with van der Waals surface area (Å²) in [7, 11) is -4.16. The largest absolute Gasteiger partial charge is 0.445 e. The fraction of sp³-hybridized carbons (Fsp3) is 0.462. The van der Waals surface area contributed by atoms with Gasteiger partial charge >= 0.3 is 6.09 Å². The highest BCUT2D eigenvalue weighted by Crippen LogP contribution is 2.35. The Morgan fingerprint density at radius 2 is 2.04 bits per heavy atom.